The molecule has 0 aromatic rings. The van der Waals surface area contributed by atoms with E-state index in [-0.39, 0.29) is 0 Å². The molecule has 0 N–H and O–H groups in total. The molecule has 41 valence electrons. The Balaban J connectivity index is 2.81. The Morgan fingerprint density at radius 3 is 2.29 bits per heavy atom. The summed E-state index contributed by atoms with van der Waals surface area (Å²) in [6, 6.07) is 0.914. The Hall–Kier alpha value is 0.537. The number of rotatable bonds is 3. The zero-order chi connectivity index (χ0) is 5.70. The first-order valence-electron chi connectivity index (χ1n) is 2.05. The molecule has 0 saturated carbocycles. The van der Waals surface area contributed by atoms with Crippen molar-refractivity contribution in [2.75, 3.05) is 0 Å². The third kappa shape index (κ3) is 6.54. The zero-order valence-corrected chi connectivity index (χ0v) is 6.47. The molecule has 0 aliphatic heterocycles. The molecule has 0 spiro atoms. The summed E-state index contributed by atoms with van der Waals surface area (Å²) >= 11 is 11.0. The van der Waals surface area contributed by atoms with Crippen LogP contribution in [0.1, 0.15) is 6.42 Å². The van der Waals surface area contributed by atoms with Crippen LogP contribution in [0.2, 0.25) is 6.04 Å². The minimum atomic E-state index is -1.02. The van der Waals surface area contributed by atoms with Gasteiger partial charge in [0.15, 0.2) is 0 Å². The van der Waals surface area contributed by atoms with Crippen LogP contribution in [0.3, 0.4) is 0 Å². The molecule has 0 aromatic carbocycles. The van der Waals surface area contributed by atoms with Gasteiger partial charge < -0.3 is 0 Å². The van der Waals surface area contributed by atoms with E-state index in [0.29, 0.717) is 0 Å². The lowest BCUT2D eigenvalue weighted by Gasteiger charge is -1.88. The molecule has 1 radical (unpaired) electrons. The fourth-order valence-corrected chi connectivity index (χ4v) is 1.29. The molecule has 7 heavy (non-hydrogen) atoms. The number of allylic oxidation sites excluding steroid dienone is 1. The number of hydrogen-bond donors (Lipinski definition) is 0. The summed E-state index contributed by atoms with van der Waals surface area (Å²) in [7, 11) is -1.02. The van der Waals surface area contributed by atoms with Crippen LogP contribution in [-0.2, 0) is 0 Å². The van der Waals surface area contributed by atoms with Crippen molar-refractivity contribution in [1.82, 2.24) is 0 Å². The molecule has 0 unspecified atom stereocenters. The van der Waals surface area contributed by atoms with Crippen molar-refractivity contribution in [1.29, 1.82) is 0 Å². The Bertz CT molecular complexity index is 53.7. The summed E-state index contributed by atoms with van der Waals surface area (Å²) < 4.78 is 0. The Kier molecular flexibility index (Phi) is 5.05. The van der Waals surface area contributed by atoms with Crippen molar-refractivity contribution in [2.24, 2.45) is 0 Å². The second kappa shape index (κ2) is 4.69. The maximum absolute atomic E-state index is 5.48. The molecule has 0 bridgehead atoms. The van der Waals surface area contributed by atoms with Gasteiger partial charge in [-0.05, 0) is 12.5 Å². The quantitative estimate of drug-likeness (QED) is 0.333. The topological polar surface area (TPSA) is 0 Å². The van der Waals surface area contributed by atoms with E-state index >= 15 is 0 Å². The van der Waals surface area contributed by atoms with E-state index in [1.807, 2.05) is 6.08 Å². The standard InChI is InChI=1S/C4H7Cl2Si/c1-2-3-4-7(5)6/h2H,1,3-4H2. The molecule has 0 saturated heterocycles. The number of hydrogen-bond acceptors (Lipinski definition) is 0. The van der Waals surface area contributed by atoms with Crippen molar-refractivity contribution >= 4 is 29.6 Å². The first kappa shape index (κ1) is 7.54. The van der Waals surface area contributed by atoms with Crippen LogP contribution >= 0.6 is 22.2 Å². The molecular formula is C4H7Cl2Si. The predicted octanol–water partition coefficient (Wildman–Crippen LogP) is 2.53. The molecule has 3 heteroatoms. The Morgan fingerprint density at radius 2 is 2.14 bits per heavy atom. The lowest BCUT2D eigenvalue weighted by molar-refractivity contribution is 1.21. The zero-order valence-electron chi connectivity index (χ0n) is 3.95. The normalized spacial score (nSPS) is 9.57. The molecule has 0 fully saturated rings. The average Bonchev–Trinajstić information content (AvgIpc) is 1.61. The van der Waals surface area contributed by atoms with Gasteiger partial charge in [0, 0.05) is 0 Å². The third-order valence-corrected chi connectivity index (χ3v) is 2.34. The highest BCUT2D eigenvalue weighted by Crippen LogP contribution is 2.05. The summed E-state index contributed by atoms with van der Waals surface area (Å²) in [5.74, 6) is 0. The van der Waals surface area contributed by atoms with E-state index in [1.54, 1.807) is 0 Å². The smallest absolute Gasteiger partial charge is 0.147 e. The largest absolute Gasteiger partial charge is 0.274 e. The minimum Gasteiger partial charge on any atom is -0.147 e. The van der Waals surface area contributed by atoms with Gasteiger partial charge in [0.05, 0.1) is 0 Å². The second-order valence-corrected chi connectivity index (χ2v) is 5.66. The van der Waals surface area contributed by atoms with Gasteiger partial charge in [0.1, 0.15) is 0 Å². The van der Waals surface area contributed by atoms with Gasteiger partial charge in [-0.1, -0.05) is 6.08 Å². The van der Waals surface area contributed by atoms with Crippen LogP contribution in [-0.4, -0.2) is 7.42 Å². The van der Waals surface area contributed by atoms with E-state index in [4.69, 9.17) is 22.2 Å². The van der Waals surface area contributed by atoms with Gasteiger partial charge >= 0.3 is 0 Å². The van der Waals surface area contributed by atoms with E-state index < -0.39 is 7.42 Å². The average molecular weight is 154 g/mol. The fraction of sp³-hybridized carbons (Fsp3) is 0.500. The fourth-order valence-electron chi connectivity index (χ4n) is 0.211. The summed E-state index contributed by atoms with van der Waals surface area (Å²) in [6.07, 6.45) is 2.77. The van der Waals surface area contributed by atoms with Crippen LogP contribution in [0.25, 0.3) is 0 Å². The second-order valence-electron chi connectivity index (χ2n) is 1.17. The van der Waals surface area contributed by atoms with Crippen molar-refractivity contribution in [3.8, 4) is 0 Å². The van der Waals surface area contributed by atoms with E-state index in [0.717, 1.165) is 12.5 Å². The minimum absolute atomic E-state index is 0.914. The van der Waals surface area contributed by atoms with Gasteiger partial charge in [-0.3, -0.25) is 0 Å². The van der Waals surface area contributed by atoms with Gasteiger partial charge in [0.2, 0.25) is 0 Å². The molecule has 0 aromatic heterocycles. The molecule has 0 aliphatic carbocycles. The van der Waals surface area contributed by atoms with Crippen LogP contribution in [0, 0.1) is 0 Å². The lowest BCUT2D eigenvalue weighted by atomic mass is 10.5. The molecule has 0 rings (SSSR count). The van der Waals surface area contributed by atoms with Crippen molar-refractivity contribution < 1.29 is 0 Å². The van der Waals surface area contributed by atoms with Crippen LogP contribution in [0.5, 0.6) is 0 Å². The highest BCUT2D eigenvalue weighted by atomic mass is 35.7. The van der Waals surface area contributed by atoms with Crippen LogP contribution in [0.15, 0.2) is 12.7 Å². The van der Waals surface area contributed by atoms with E-state index in [2.05, 4.69) is 6.58 Å². The number of halogens is 2. The van der Waals surface area contributed by atoms with Gasteiger partial charge in [-0.25, -0.2) is 0 Å². The first-order chi connectivity index (χ1) is 3.27. The summed E-state index contributed by atoms with van der Waals surface area (Å²) in [6.45, 7) is 3.53. The van der Waals surface area contributed by atoms with Gasteiger partial charge in [-0.2, -0.15) is 0 Å². The lowest BCUT2D eigenvalue weighted by Crippen LogP contribution is -1.87. The van der Waals surface area contributed by atoms with Crippen molar-refractivity contribution in [3.63, 3.8) is 0 Å². The van der Waals surface area contributed by atoms with Crippen LogP contribution < -0.4 is 0 Å². The highest BCUT2D eigenvalue weighted by Gasteiger charge is 1.98. The van der Waals surface area contributed by atoms with E-state index in [1.165, 1.54) is 0 Å². The summed E-state index contributed by atoms with van der Waals surface area (Å²) in [4.78, 5) is 0. The Morgan fingerprint density at radius 1 is 1.57 bits per heavy atom. The first-order valence-corrected chi connectivity index (χ1v) is 5.78. The molecule has 0 aliphatic rings. The molecule has 0 atom stereocenters. The molecular weight excluding hydrogens is 147 g/mol. The monoisotopic (exact) mass is 153 g/mol. The summed E-state index contributed by atoms with van der Waals surface area (Å²) in [5.41, 5.74) is 0. The maximum Gasteiger partial charge on any atom is 0.274 e. The molecule has 0 heterocycles. The summed E-state index contributed by atoms with van der Waals surface area (Å²) in [5, 5.41) is 0. The SMILES string of the molecule is C=CCC[Si](Cl)Cl. The van der Waals surface area contributed by atoms with Crippen molar-refractivity contribution in [2.45, 2.75) is 12.5 Å². The molecule has 0 nitrogen and oxygen atoms in total. The Labute approximate surface area is 55.1 Å². The van der Waals surface area contributed by atoms with Crippen molar-refractivity contribution in [3.05, 3.63) is 12.7 Å². The maximum atomic E-state index is 5.48. The molecule has 0 amide bonds. The third-order valence-electron chi connectivity index (χ3n) is 0.537. The predicted molar refractivity (Wildman–Crippen MR) is 37.1 cm³/mol. The van der Waals surface area contributed by atoms with Gasteiger partial charge in [-0.15, -0.1) is 28.7 Å². The van der Waals surface area contributed by atoms with Crippen LogP contribution in [0.4, 0.5) is 0 Å². The van der Waals surface area contributed by atoms with E-state index in [9.17, 15) is 0 Å². The van der Waals surface area contributed by atoms with Gasteiger partial charge in [0.25, 0.3) is 7.42 Å². The highest BCUT2D eigenvalue weighted by molar-refractivity contribution is 7.33.